The van der Waals surface area contributed by atoms with Crippen molar-refractivity contribution in [3.63, 3.8) is 0 Å². The lowest BCUT2D eigenvalue weighted by atomic mass is 9.87. The SMILES string of the molecule is N#Cc1ccc(O[C@H]2CC[C@H](NC(=O)c3ccc(N4CCC(CN5CC6CCC5CN6c5cc6c(cc5F)C(=O)N(C5CCC(=O)NC5=O)C6=O)CC4)nn3)CC2)cc1Cl. The summed E-state index contributed by atoms with van der Waals surface area (Å²) in [7, 11) is 0. The molecule has 312 valence electrons. The Kier molecular flexibility index (Phi) is 10.9. The van der Waals surface area contributed by atoms with Crippen LogP contribution in [0.2, 0.25) is 5.02 Å². The summed E-state index contributed by atoms with van der Waals surface area (Å²) in [6, 6.07) is 12.5. The second kappa shape index (κ2) is 16.4. The van der Waals surface area contributed by atoms with E-state index in [9.17, 15) is 24.0 Å². The molecule has 1 aromatic heterocycles. The molecule has 0 spiro atoms. The van der Waals surface area contributed by atoms with Crippen LogP contribution >= 0.6 is 11.6 Å². The Morgan fingerprint density at radius 2 is 1.65 bits per heavy atom. The lowest BCUT2D eigenvalue weighted by Crippen LogP contribution is -2.63. The highest BCUT2D eigenvalue weighted by Crippen LogP contribution is 2.39. The second-order valence-corrected chi connectivity index (χ2v) is 17.2. The van der Waals surface area contributed by atoms with Crippen LogP contribution in [0, 0.1) is 23.1 Å². The summed E-state index contributed by atoms with van der Waals surface area (Å²) in [6.45, 7) is 3.96. The number of aromatic nitrogens is 2. The van der Waals surface area contributed by atoms with Gasteiger partial charge in [-0.05, 0) is 100 Å². The van der Waals surface area contributed by atoms with Crippen LogP contribution in [0.4, 0.5) is 15.9 Å². The zero-order valence-corrected chi connectivity index (χ0v) is 33.7. The fraction of sp³-hybridized carbons (Fsp3) is 0.488. The van der Waals surface area contributed by atoms with Gasteiger partial charge in [0.15, 0.2) is 11.5 Å². The number of piperazine rings is 1. The maximum Gasteiger partial charge on any atom is 0.272 e. The maximum atomic E-state index is 15.7. The van der Waals surface area contributed by atoms with Crippen LogP contribution < -0.4 is 25.2 Å². The molecule has 3 unspecified atom stereocenters. The van der Waals surface area contributed by atoms with Gasteiger partial charge in [0.2, 0.25) is 11.8 Å². The first-order valence-electron chi connectivity index (χ1n) is 20.8. The number of ether oxygens (including phenoxy) is 1. The summed E-state index contributed by atoms with van der Waals surface area (Å²) in [5, 5.41) is 23.5. The third-order valence-electron chi connectivity index (χ3n) is 13.1. The van der Waals surface area contributed by atoms with Gasteiger partial charge in [0.05, 0.1) is 33.5 Å². The summed E-state index contributed by atoms with van der Waals surface area (Å²) >= 11 is 6.15. The summed E-state index contributed by atoms with van der Waals surface area (Å²) in [4.78, 5) is 71.5. The molecule has 6 fully saturated rings. The number of carbonyl (C=O) groups is 5. The molecule has 3 aromatic rings. The third kappa shape index (κ3) is 7.76. The van der Waals surface area contributed by atoms with Crippen molar-refractivity contribution in [1.82, 2.24) is 30.6 Å². The van der Waals surface area contributed by atoms with E-state index in [4.69, 9.17) is 21.6 Å². The zero-order chi connectivity index (χ0) is 41.7. The Bertz CT molecular complexity index is 2270. The van der Waals surface area contributed by atoms with Crippen molar-refractivity contribution in [2.45, 2.75) is 94.5 Å². The van der Waals surface area contributed by atoms with E-state index in [0.29, 0.717) is 34.5 Å². The van der Waals surface area contributed by atoms with Crippen molar-refractivity contribution < 1.29 is 33.1 Å². The molecule has 5 amide bonds. The standard InChI is InChI=1S/C43H45ClFN9O6/c44-33-17-30(6-1-25(33)20-46)60-29-7-2-26(3-8-29)47-40(56)35-9-11-38(50-49-35)51-15-13-24(14-16-51)21-52-22-28-5-4-27(52)23-53(28)37-19-32-31(18-34(37)45)42(58)54(43(32)59)36-10-12-39(55)48-41(36)57/h1,6,9,11,17-19,24,26-29,36H,2-5,7-8,10,12-16,21-23H2,(H,47,56)(H,48,55,57)/t26-,27?,28?,29-,36?. The molecule has 6 aliphatic heterocycles. The number of hydrogen-bond donors (Lipinski definition) is 2. The third-order valence-corrected chi connectivity index (χ3v) is 13.5. The van der Waals surface area contributed by atoms with E-state index in [2.05, 4.69) is 30.6 Å². The number of fused-ring (bicyclic) bond motifs is 4. The number of imide groups is 2. The minimum Gasteiger partial charge on any atom is -0.490 e. The highest BCUT2D eigenvalue weighted by molar-refractivity contribution is 6.31. The van der Waals surface area contributed by atoms with Crippen LogP contribution in [0.25, 0.3) is 0 Å². The fourth-order valence-corrected chi connectivity index (χ4v) is 10.1. The molecule has 0 radical (unpaired) electrons. The van der Waals surface area contributed by atoms with E-state index in [-0.39, 0.29) is 59.8 Å². The van der Waals surface area contributed by atoms with Gasteiger partial charge in [-0.25, -0.2) is 4.39 Å². The fourth-order valence-electron chi connectivity index (χ4n) is 9.86. The average molecular weight is 838 g/mol. The molecule has 15 nitrogen and oxygen atoms in total. The quantitative estimate of drug-likeness (QED) is 0.294. The maximum absolute atomic E-state index is 15.7. The van der Waals surface area contributed by atoms with Crippen LogP contribution in [0.1, 0.15) is 101 Å². The number of hydrogen-bond acceptors (Lipinski definition) is 12. The van der Waals surface area contributed by atoms with Gasteiger partial charge in [0.25, 0.3) is 17.7 Å². The lowest BCUT2D eigenvalue weighted by Gasteiger charge is -2.53. The number of carbonyl (C=O) groups excluding carboxylic acids is 5. The van der Waals surface area contributed by atoms with Crippen LogP contribution in [0.3, 0.4) is 0 Å². The number of amides is 5. The first-order chi connectivity index (χ1) is 29.0. The van der Waals surface area contributed by atoms with Crippen molar-refractivity contribution >= 4 is 52.6 Å². The molecule has 60 heavy (non-hydrogen) atoms. The lowest BCUT2D eigenvalue weighted by molar-refractivity contribution is -0.136. The molecule has 2 bridgehead atoms. The van der Waals surface area contributed by atoms with Crippen LogP contribution in [-0.4, -0.2) is 113 Å². The second-order valence-electron chi connectivity index (χ2n) is 16.8. The van der Waals surface area contributed by atoms with Crippen molar-refractivity contribution in [2.75, 3.05) is 42.5 Å². The van der Waals surface area contributed by atoms with E-state index < -0.39 is 35.5 Å². The van der Waals surface area contributed by atoms with Crippen molar-refractivity contribution in [3.8, 4) is 11.8 Å². The van der Waals surface area contributed by atoms with Gasteiger partial charge in [-0.15, -0.1) is 10.2 Å². The van der Waals surface area contributed by atoms with E-state index in [1.165, 1.54) is 6.07 Å². The van der Waals surface area contributed by atoms with Gasteiger partial charge in [-0.2, -0.15) is 5.26 Å². The number of nitriles is 1. The van der Waals surface area contributed by atoms with Crippen LogP contribution in [0.15, 0.2) is 42.5 Å². The molecule has 5 saturated heterocycles. The topological polar surface area (TPSA) is 181 Å². The molecule has 3 atom stereocenters. The van der Waals surface area contributed by atoms with Crippen LogP contribution in [-0.2, 0) is 9.59 Å². The number of halogens is 2. The summed E-state index contributed by atoms with van der Waals surface area (Å²) in [5.41, 5.74) is 1.02. The van der Waals surface area contributed by atoms with E-state index in [0.717, 1.165) is 94.3 Å². The van der Waals surface area contributed by atoms with Gasteiger partial charge in [0.1, 0.15) is 23.7 Å². The van der Waals surface area contributed by atoms with E-state index in [1.807, 2.05) is 17.0 Å². The predicted molar refractivity (Wildman–Crippen MR) is 216 cm³/mol. The van der Waals surface area contributed by atoms with E-state index in [1.54, 1.807) is 24.3 Å². The molecule has 1 saturated carbocycles. The van der Waals surface area contributed by atoms with Crippen molar-refractivity contribution in [1.29, 1.82) is 5.26 Å². The summed E-state index contributed by atoms with van der Waals surface area (Å²) in [5.74, 6) is -1.46. The highest BCUT2D eigenvalue weighted by Gasteiger charge is 2.47. The highest BCUT2D eigenvalue weighted by atomic mass is 35.5. The van der Waals surface area contributed by atoms with Crippen LogP contribution in [0.5, 0.6) is 5.75 Å². The van der Waals surface area contributed by atoms with E-state index >= 15 is 4.39 Å². The average Bonchev–Trinajstić information content (AvgIpc) is 3.49. The van der Waals surface area contributed by atoms with Crippen molar-refractivity contribution in [2.24, 2.45) is 5.92 Å². The minimum absolute atomic E-state index is 0.00540. The molecule has 10 rings (SSSR count). The first-order valence-corrected chi connectivity index (χ1v) is 21.2. The number of piperidine rings is 4. The van der Waals surface area contributed by atoms with Gasteiger partial charge in [-0.1, -0.05) is 11.6 Å². The molecule has 2 N–H and O–H groups in total. The zero-order valence-electron chi connectivity index (χ0n) is 32.9. The van der Waals surface area contributed by atoms with Gasteiger partial charge in [0, 0.05) is 63.3 Å². The van der Waals surface area contributed by atoms with Gasteiger partial charge >= 0.3 is 0 Å². The Hall–Kier alpha value is -5.66. The molecule has 1 aliphatic carbocycles. The summed E-state index contributed by atoms with van der Waals surface area (Å²) < 4.78 is 21.8. The Labute approximate surface area is 351 Å². The monoisotopic (exact) mass is 837 g/mol. The molecule has 7 aliphatic rings. The molecular weight excluding hydrogens is 793 g/mol. The largest absolute Gasteiger partial charge is 0.490 e. The minimum atomic E-state index is -1.10. The first kappa shape index (κ1) is 39.8. The number of rotatable bonds is 9. The number of benzene rings is 2. The molecule has 17 heteroatoms. The molecular formula is C43H45ClFN9O6. The normalized spacial score (nSPS) is 25.9. The Balaban J connectivity index is 0.736. The molecule has 7 heterocycles. The van der Waals surface area contributed by atoms with Gasteiger partial charge in [-0.3, -0.25) is 39.1 Å². The Morgan fingerprint density at radius 3 is 2.32 bits per heavy atom. The smallest absolute Gasteiger partial charge is 0.272 e. The van der Waals surface area contributed by atoms with Gasteiger partial charge < -0.3 is 19.9 Å². The number of anilines is 2. The Morgan fingerprint density at radius 1 is 0.900 bits per heavy atom. The predicted octanol–water partition coefficient (Wildman–Crippen LogP) is 4.23. The number of nitrogens with zero attached hydrogens (tertiary/aromatic N) is 7. The number of nitrogens with one attached hydrogen (secondary N) is 2. The van der Waals surface area contributed by atoms with Crippen molar-refractivity contribution in [3.05, 3.63) is 75.7 Å². The molecule has 2 aromatic carbocycles. The summed E-state index contributed by atoms with van der Waals surface area (Å²) in [6.07, 6.45) is 7.00.